The molecule has 0 spiro atoms. The van der Waals surface area contributed by atoms with E-state index in [2.05, 4.69) is 5.32 Å². The normalized spacial score (nSPS) is 10.9. The van der Waals surface area contributed by atoms with Gasteiger partial charge in [-0.2, -0.15) is 0 Å². The monoisotopic (exact) mass is 365 g/mol. The Bertz CT molecular complexity index is 1000. The van der Waals surface area contributed by atoms with E-state index in [4.69, 9.17) is 13.9 Å². The van der Waals surface area contributed by atoms with Crippen LogP contribution in [0.3, 0.4) is 0 Å². The Morgan fingerprint density at radius 1 is 1.15 bits per heavy atom. The Morgan fingerprint density at radius 3 is 2.78 bits per heavy atom. The Morgan fingerprint density at radius 2 is 2.00 bits per heavy atom. The maximum atomic E-state index is 12.1. The van der Waals surface area contributed by atoms with Crippen molar-refractivity contribution in [1.82, 2.24) is 0 Å². The van der Waals surface area contributed by atoms with Crippen LogP contribution in [0.5, 0.6) is 5.75 Å². The van der Waals surface area contributed by atoms with E-state index in [9.17, 15) is 9.59 Å². The topological polar surface area (TPSA) is 77.8 Å². The number of carbonyl (C=O) groups excluding carboxylic acids is 2. The molecule has 0 aliphatic rings. The van der Waals surface area contributed by atoms with Crippen molar-refractivity contribution in [3.63, 3.8) is 0 Å². The van der Waals surface area contributed by atoms with Crippen LogP contribution in [-0.2, 0) is 9.53 Å². The summed E-state index contributed by atoms with van der Waals surface area (Å²) in [6.45, 7) is 2.03. The van der Waals surface area contributed by atoms with E-state index in [0.29, 0.717) is 29.2 Å². The molecule has 1 amide bonds. The van der Waals surface area contributed by atoms with E-state index in [-0.39, 0.29) is 5.91 Å². The summed E-state index contributed by atoms with van der Waals surface area (Å²) in [6.07, 6.45) is 2.95. The lowest BCUT2D eigenvalue weighted by Crippen LogP contribution is -2.09. The molecule has 2 aromatic carbocycles. The van der Waals surface area contributed by atoms with Crippen molar-refractivity contribution in [3.05, 3.63) is 65.9 Å². The molecule has 0 atom stereocenters. The van der Waals surface area contributed by atoms with Crippen molar-refractivity contribution in [2.45, 2.75) is 6.92 Å². The van der Waals surface area contributed by atoms with Gasteiger partial charge in [-0.3, -0.25) is 4.79 Å². The summed E-state index contributed by atoms with van der Waals surface area (Å²) >= 11 is 0. The van der Waals surface area contributed by atoms with Crippen LogP contribution < -0.4 is 10.1 Å². The number of benzene rings is 2. The van der Waals surface area contributed by atoms with Gasteiger partial charge in [0, 0.05) is 17.1 Å². The first-order chi connectivity index (χ1) is 13.1. The fourth-order valence-corrected chi connectivity index (χ4v) is 2.53. The van der Waals surface area contributed by atoms with Gasteiger partial charge in [-0.05, 0) is 55.5 Å². The standard InChI is InChI=1S/C21H19NO5/c1-3-26-21(24)14-5-4-6-16(11-14)22-20(23)10-8-18-13-15-12-17(25-2)7-9-19(15)27-18/h4-13H,3H2,1-2H3,(H,22,23). The van der Waals surface area contributed by atoms with Crippen molar-refractivity contribution in [3.8, 4) is 5.75 Å². The van der Waals surface area contributed by atoms with E-state index in [1.807, 2.05) is 24.3 Å². The van der Waals surface area contributed by atoms with Gasteiger partial charge >= 0.3 is 5.97 Å². The minimum atomic E-state index is -0.429. The molecule has 0 unspecified atom stereocenters. The molecule has 6 heteroatoms. The number of rotatable bonds is 6. The summed E-state index contributed by atoms with van der Waals surface area (Å²) in [5.41, 5.74) is 1.59. The molecule has 27 heavy (non-hydrogen) atoms. The van der Waals surface area contributed by atoms with Crippen LogP contribution in [0.15, 0.2) is 59.0 Å². The molecule has 138 valence electrons. The van der Waals surface area contributed by atoms with E-state index in [1.54, 1.807) is 44.4 Å². The highest BCUT2D eigenvalue weighted by Gasteiger charge is 2.08. The number of carbonyl (C=O) groups is 2. The molecule has 0 bridgehead atoms. The Kier molecular flexibility index (Phi) is 5.56. The Hall–Kier alpha value is -3.54. The average molecular weight is 365 g/mol. The number of nitrogens with one attached hydrogen (secondary N) is 1. The van der Waals surface area contributed by atoms with Crippen molar-refractivity contribution >= 4 is 34.6 Å². The van der Waals surface area contributed by atoms with Gasteiger partial charge in [0.1, 0.15) is 17.1 Å². The zero-order valence-corrected chi connectivity index (χ0v) is 15.0. The first-order valence-electron chi connectivity index (χ1n) is 8.43. The summed E-state index contributed by atoms with van der Waals surface area (Å²) < 4.78 is 15.8. The second-order valence-corrected chi connectivity index (χ2v) is 5.68. The van der Waals surface area contributed by atoms with Gasteiger partial charge in [-0.1, -0.05) is 6.07 Å². The molecule has 0 saturated heterocycles. The molecule has 0 fully saturated rings. The average Bonchev–Trinajstić information content (AvgIpc) is 3.08. The maximum Gasteiger partial charge on any atom is 0.338 e. The Labute approximate surface area is 156 Å². The summed E-state index contributed by atoms with van der Waals surface area (Å²) in [5.74, 6) is 0.516. The second-order valence-electron chi connectivity index (χ2n) is 5.68. The number of furan rings is 1. The fourth-order valence-electron chi connectivity index (χ4n) is 2.53. The number of hydrogen-bond acceptors (Lipinski definition) is 5. The number of amides is 1. The molecule has 1 aromatic heterocycles. The number of anilines is 1. The lowest BCUT2D eigenvalue weighted by Gasteiger charge is -2.05. The first-order valence-corrected chi connectivity index (χ1v) is 8.43. The van der Waals surface area contributed by atoms with Crippen LogP contribution in [0.1, 0.15) is 23.0 Å². The first kappa shape index (κ1) is 18.3. The van der Waals surface area contributed by atoms with Gasteiger partial charge in [0.15, 0.2) is 0 Å². The summed E-state index contributed by atoms with van der Waals surface area (Å²) in [5, 5.41) is 3.59. The van der Waals surface area contributed by atoms with Crippen molar-refractivity contribution in [1.29, 1.82) is 0 Å². The second kappa shape index (κ2) is 8.23. The van der Waals surface area contributed by atoms with Crippen LogP contribution in [0, 0.1) is 0 Å². The Balaban J connectivity index is 1.68. The van der Waals surface area contributed by atoms with E-state index < -0.39 is 5.97 Å². The number of hydrogen-bond donors (Lipinski definition) is 1. The number of methoxy groups -OCH3 is 1. The molecule has 0 saturated carbocycles. The quantitative estimate of drug-likeness (QED) is 0.521. The lowest BCUT2D eigenvalue weighted by molar-refractivity contribution is -0.111. The maximum absolute atomic E-state index is 12.1. The molecular formula is C21H19NO5. The third-order valence-corrected chi connectivity index (χ3v) is 3.78. The van der Waals surface area contributed by atoms with Crippen molar-refractivity contribution in [2.75, 3.05) is 19.0 Å². The summed E-state index contributed by atoms with van der Waals surface area (Å²) in [4.78, 5) is 23.9. The minimum Gasteiger partial charge on any atom is -0.497 e. The SMILES string of the molecule is CCOC(=O)c1cccc(NC(=O)C=Cc2cc3cc(OC)ccc3o2)c1. The third-order valence-electron chi connectivity index (χ3n) is 3.78. The van der Waals surface area contributed by atoms with Gasteiger partial charge in [-0.25, -0.2) is 4.79 Å². The van der Waals surface area contributed by atoms with Crippen LogP contribution in [-0.4, -0.2) is 25.6 Å². The van der Waals surface area contributed by atoms with Gasteiger partial charge in [0.25, 0.3) is 0 Å². The smallest absolute Gasteiger partial charge is 0.338 e. The summed E-state index contributed by atoms with van der Waals surface area (Å²) in [6, 6.07) is 13.9. The van der Waals surface area contributed by atoms with E-state index in [0.717, 1.165) is 11.1 Å². The van der Waals surface area contributed by atoms with Gasteiger partial charge in [0.2, 0.25) is 5.91 Å². The zero-order valence-electron chi connectivity index (χ0n) is 15.0. The molecule has 0 radical (unpaired) electrons. The van der Waals surface area contributed by atoms with Crippen LogP contribution in [0.2, 0.25) is 0 Å². The van der Waals surface area contributed by atoms with Crippen LogP contribution in [0.25, 0.3) is 17.0 Å². The van der Waals surface area contributed by atoms with Gasteiger partial charge in [0.05, 0.1) is 19.3 Å². The highest BCUT2D eigenvalue weighted by molar-refractivity contribution is 6.02. The number of esters is 1. The van der Waals surface area contributed by atoms with Gasteiger partial charge in [-0.15, -0.1) is 0 Å². The molecule has 0 aliphatic carbocycles. The molecular weight excluding hydrogens is 346 g/mol. The molecule has 0 aliphatic heterocycles. The van der Waals surface area contributed by atoms with Crippen molar-refractivity contribution in [2.24, 2.45) is 0 Å². The number of fused-ring (bicyclic) bond motifs is 1. The molecule has 3 rings (SSSR count). The minimum absolute atomic E-state index is 0.293. The van der Waals surface area contributed by atoms with Crippen LogP contribution >= 0.6 is 0 Å². The molecule has 3 aromatic rings. The predicted molar refractivity (Wildman–Crippen MR) is 103 cm³/mol. The zero-order chi connectivity index (χ0) is 19.2. The highest BCUT2D eigenvalue weighted by Crippen LogP contribution is 2.24. The highest BCUT2D eigenvalue weighted by atomic mass is 16.5. The van der Waals surface area contributed by atoms with Crippen LogP contribution in [0.4, 0.5) is 5.69 Å². The fraction of sp³-hybridized carbons (Fsp3) is 0.143. The van der Waals surface area contributed by atoms with E-state index >= 15 is 0 Å². The summed E-state index contributed by atoms with van der Waals surface area (Å²) in [7, 11) is 1.60. The van der Waals surface area contributed by atoms with E-state index in [1.165, 1.54) is 6.08 Å². The molecule has 1 heterocycles. The molecule has 1 N–H and O–H groups in total. The lowest BCUT2D eigenvalue weighted by atomic mass is 10.2. The largest absolute Gasteiger partial charge is 0.497 e. The van der Waals surface area contributed by atoms with Gasteiger partial charge < -0.3 is 19.2 Å². The molecule has 6 nitrogen and oxygen atoms in total. The third kappa shape index (κ3) is 4.55. The predicted octanol–water partition coefficient (Wildman–Crippen LogP) is 4.27. The van der Waals surface area contributed by atoms with Crippen molar-refractivity contribution < 1.29 is 23.5 Å². The number of ether oxygens (including phenoxy) is 2.